The van der Waals surface area contributed by atoms with Gasteiger partial charge in [0.15, 0.2) is 0 Å². The lowest BCUT2D eigenvalue weighted by molar-refractivity contribution is 0.0289. The highest BCUT2D eigenvalue weighted by Gasteiger charge is 2.23. The molecule has 0 spiro atoms. The molecule has 0 amide bonds. The van der Waals surface area contributed by atoms with Gasteiger partial charge in [-0.05, 0) is 55.2 Å². The smallest absolute Gasteiger partial charge is 0.119 e. The Morgan fingerprint density at radius 1 is 1.00 bits per heavy atom. The fourth-order valence-electron chi connectivity index (χ4n) is 4.23. The Morgan fingerprint density at radius 2 is 1.72 bits per heavy atom. The summed E-state index contributed by atoms with van der Waals surface area (Å²) in [7, 11) is 1.71. The van der Waals surface area contributed by atoms with Crippen LogP contribution in [-0.2, 0) is 11.2 Å². The minimum Gasteiger partial charge on any atom is -0.497 e. The molecule has 6 heteroatoms. The first kappa shape index (κ1) is 23.8. The van der Waals surface area contributed by atoms with Gasteiger partial charge in [-0.2, -0.15) is 0 Å². The van der Waals surface area contributed by atoms with E-state index in [0.717, 1.165) is 57.9 Å². The van der Waals surface area contributed by atoms with Crippen LogP contribution in [0.4, 0.5) is 5.69 Å². The summed E-state index contributed by atoms with van der Waals surface area (Å²) in [6, 6.07) is 15.2. The van der Waals surface area contributed by atoms with Crippen molar-refractivity contribution in [2.75, 3.05) is 51.3 Å². The van der Waals surface area contributed by atoms with Crippen molar-refractivity contribution in [3.05, 3.63) is 59.2 Å². The number of methoxy groups -OCH3 is 1. The summed E-state index contributed by atoms with van der Waals surface area (Å²) >= 11 is 0. The third-order valence-electron chi connectivity index (χ3n) is 5.85. The van der Waals surface area contributed by atoms with Gasteiger partial charge in [-0.1, -0.05) is 23.8 Å². The Kier molecular flexibility index (Phi) is 9.09. The molecule has 1 unspecified atom stereocenters. The van der Waals surface area contributed by atoms with Crippen LogP contribution in [0, 0.1) is 6.92 Å². The maximum absolute atomic E-state index is 6.10. The molecular formula is C23H32Cl2N2O2. The van der Waals surface area contributed by atoms with Gasteiger partial charge in [-0.3, -0.25) is 4.90 Å². The van der Waals surface area contributed by atoms with Gasteiger partial charge < -0.3 is 14.4 Å². The third kappa shape index (κ3) is 5.79. The summed E-state index contributed by atoms with van der Waals surface area (Å²) in [6.45, 7) is 8.51. The van der Waals surface area contributed by atoms with Crippen molar-refractivity contribution in [3.8, 4) is 5.75 Å². The van der Waals surface area contributed by atoms with Crippen molar-refractivity contribution in [1.29, 1.82) is 0 Å². The minimum atomic E-state index is 0. The molecule has 2 aliphatic rings. The predicted molar refractivity (Wildman–Crippen MR) is 124 cm³/mol. The molecule has 1 saturated heterocycles. The lowest BCUT2D eigenvalue weighted by atomic mass is 9.94. The quantitative estimate of drug-likeness (QED) is 0.676. The predicted octanol–water partition coefficient (Wildman–Crippen LogP) is 4.67. The first-order valence-electron chi connectivity index (χ1n) is 10.1. The van der Waals surface area contributed by atoms with E-state index in [1.54, 1.807) is 7.11 Å². The lowest BCUT2D eigenvalue weighted by Crippen LogP contribution is -2.46. The Hall–Kier alpha value is -1.46. The van der Waals surface area contributed by atoms with Crippen LogP contribution >= 0.6 is 24.8 Å². The molecule has 0 N–H and O–H groups in total. The van der Waals surface area contributed by atoms with Crippen molar-refractivity contribution in [3.63, 3.8) is 0 Å². The number of piperazine rings is 1. The number of halogens is 2. The van der Waals surface area contributed by atoms with Gasteiger partial charge in [0.05, 0.1) is 19.8 Å². The summed E-state index contributed by atoms with van der Waals surface area (Å²) in [4.78, 5) is 5.04. The summed E-state index contributed by atoms with van der Waals surface area (Å²) in [5, 5.41) is 0. The number of aryl methyl sites for hydroxylation is 1. The molecule has 2 heterocycles. The van der Waals surface area contributed by atoms with E-state index < -0.39 is 0 Å². The molecule has 2 aromatic rings. The number of nitrogens with zero attached hydrogens (tertiary/aromatic N) is 2. The largest absolute Gasteiger partial charge is 0.497 e. The van der Waals surface area contributed by atoms with Gasteiger partial charge in [-0.15, -0.1) is 24.8 Å². The van der Waals surface area contributed by atoms with E-state index in [1.165, 1.54) is 22.4 Å². The minimum absolute atomic E-state index is 0. The maximum atomic E-state index is 6.10. The first-order chi connectivity index (χ1) is 13.2. The molecule has 0 aliphatic carbocycles. The van der Waals surface area contributed by atoms with Gasteiger partial charge in [-0.25, -0.2) is 0 Å². The van der Waals surface area contributed by atoms with E-state index in [1.807, 2.05) is 12.1 Å². The fourth-order valence-corrected chi connectivity index (χ4v) is 4.23. The van der Waals surface area contributed by atoms with Gasteiger partial charge in [0, 0.05) is 38.4 Å². The summed E-state index contributed by atoms with van der Waals surface area (Å²) in [5.41, 5.74) is 5.53. The van der Waals surface area contributed by atoms with E-state index in [4.69, 9.17) is 9.47 Å². The zero-order valence-electron chi connectivity index (χ0n) is 17.3. The van der Waals surface area contributed by atoms with Crippen LogP contribution in [-0.4, -0.2) is 51.3 Å². The number of ether oxygens (including phenoxy) is 2. The fraction of sp³-hybridized carbons (Fsp3) is 0.478. The van der Waals surface area contributed by atoms with Crippen LogP contribution in [0.2, 0.25) is 0 Å². The Balaban J connectivity index is 0.00000150. The molecular weight excluding hydrogens is 407 g/mol. The number of hydrogen-bond acceptors (Lipinski definition) is 4. The molecule has 4 rings (SSSR count). The zero-order valence-corrected chi connectivity index (χ0v) is 18.9. The number of hydrogen-bond donors (Lipinski definition) is 0. The summed E-state index contributed by atoms with van der Waals surface area (Å²) in [6.07, 6.45) is 2.39. The molecule has 0 aromatic heterocycles. The van der Waals surface area contributed by atoms with E-state index >= 15 is 0 Å². The SMILES string of the molecule is COc1ccc(N2CCN(CCC3OCCc4cc(C)ccc43)CC2)cc1.Cl.Cl. The van der Waals surface area contributed by atoms with E-state index in [-0.39, 0.29) is 30.9 Å². The Morgan fingerprint density at radius 3 is 2.41 bits per heavy atom. The van der Waals surface area contributed by atoms with Crippen LogP contribution in [0.25, 0.3) is 0 Å². The molecule has 2 aliphatic heterocycles. The highest BCUT2D eigenvalue weighted by molar-refractivity contribution is 5.85. The number of rotatable bonds is 5. The molecule has 2 aromatic carbocycles. The van der Waals surface area contributed by atoms with Crippen LogP contribution in [0.1, 0.15) is 29.2 Å². The number of benzene rings is 2. The number of fused-ring (bicyclic) bond motifs is 1. The normalized spacial score (nSPS) is 19.0. The lowest BCUT2D eigenvalue weighted by Gasteiger charge is -2.37. The number of anilines is 1. The van der Waals surface area contributed by atoms with Gasteiger partial charge >= 0.3 is 0 Å². The van der Waals surface area contributed by atoms with Crippen molar-refractivity contribution in [2.24, 2.45) is 0 Å². The molecule has 0 bridgehead atoms. The summed E-state index contributed by atoms with van der Waals surface area (Å²) in [5.74, 6) is 0.917. The Labute approximate surface area is 187 Å². The van der Waals surface area contributed by atoms with Gasteiger partial charge in [0.2, 0.25) is 0 Å². The molecule has 4 nitrogen and oxygen atoms in total. The van der Waals surface area contributed by atoms with Gasteiger partial charge in [0.25, 0.3) is 0 Å². The standard InChI is InChI=1S/C23H30N2O2.2ClH/c1-18-3-8-22-19(17-18)10-16-27-23(22)9-11-24-12-14-25(15-13-24)20-4-6-21(26-2)7-5-20;;/h3-8,17,23H,9-16H2,1-2H3;2*1H. The van der Waals surface area contributed by atoms with Crippen LogP contribution in [0.5, 0.6) is 5.75 Å². The highest BCUT2D eigenvalue weighted by Crippen LogP contribution is 2.30. The highest BCUT2D eigenvalue weighted by atomic mass is 35.5. The zero-order chi connectivity index (χ0) is 18.6. The van der Waals surface area contributed by atoms with E-state index in [9.17, 15) is 0 Å². The first-order valence-corrected chi connectivity index (χ1v) is 10.1. The van der Waals surface area contributed by atoms with Crippen molar-refractivity contribution >= 4 is 30.5 Å². The van der Waals surface area contributed by atoms with Crippen molar-refractivity contribution < 1.29 is 9.47 Å². The topological polar surface area (TPSA) is 24.9 Å². The second-order valence-corrected chi connectivity index (χ2v) is 7.63. The second-order valence-electron chi connectivity index (χ2n) is 7.63. The van der Waals surface area contributed by atoms with Crippen molar-refractivity contribution in [2.45, 2.75) is 25.9 Å². The Bertz CT molecular complexity index is 762. The monoisotopic (exact) mass is 438 g/mol. The average Bonchev–Trinajstić information content (AvgIpc) is 2.72. The van der Waals surface area contributed by atoms with E-state index in [2.05, 4.69) is 47.1 Å². The molecule has 29 heavy (non-hydrogen) atoms. The summed E-state index contributed by atoms with van der Waals surface area (Å²) < 4.78 is 11.4. The van der Waals surface area contributed by atoms with Gasteiger partial charge in [0.1, 0.15) is 5.75 Å². The third-order valence-corrected chi connectivity index (χ3v) is 5.85. The molecule has 0 saturated carbocycles. The van der Waals surface area contributed by atoms with E-state index in [0.29, 0.717) is 0 Å². The molecule has 1 fully saturated rings. The second kappa shape index (κ2) is 11.1. The van der Waals surface area contributed by atoms with Crippen LogP contribution < -0.4 is 9.64 Å². The maximum Gasteiger partial charge on any atom is 0.119 e. The molecule has 160 valence electrons. The van der Waals surface area contributed by atoms with Crippen LogP contribution in [0.3, 0.4) is 0 Å². The molecule has 0 radical (unpaired) electrons. The van der Waals surface area contributed by atoms with Crippen molar-refractivity contribution in [1.82, 2.24) is 4.90 Å². The molecule has 1 atom stereocenters. The van der Waals surface area contributed by atoms with Crippen LogP contribution in [0.15, 0.2) is 42.5 Å². The average molecular weight is 439 g/mol.